The van der Waals surface area contributed by atoms with E-state index in [1.807, 2.05) is 0 Å². The van der Waals surface area contributed by atoms with E-state index in [-0.39, 0.29) is 34.3 Å². The molecule has 4 heterocycles. The zero-order chi connectivity index (χ0) is 25.6. The molecule has 0 radical (unpaired) electrons. The lowest BCUT2D eigenvalue weighted by molar-refractivity contribution is -0.137. The van der Waals surface area contributed by atoms with E-state index in [4.69, 9.17) is 5.73 Å². The molecule has 7 nitrogen and oxygen atoms in total. The maximum atomic E-state index is 14.2. The van der Waals surface area contributed by atoms with Gasteiger partial charge in [0.15, 0.2) is 17.5 Å². The Kier molecular flexibility index (Phi) is 5.54. The Morgan fingerprint density at radius 2 is 1.72 bits per heavy atom. The van der Waals surface area contributed by atoms with Crippen LogP contribution in [-0.2, 0) is 12.6 Å². The molecule has 5 aromatic rings. The molecule has 1 aromatic carbocycles. The van der Waals surface area contributed by atoms with Crippen molar-refractivity contribution in [3.63, 3.8) is 0 Å². The number of hydrogen-bond donors (Lipinski definition) is 1. The van der Waals surface area contributed by atoms with Crippen LogP contribution in [0, 0.1) is 17.5 Å². The maximum absolute atomic E-state index is 14.2. The number of fused-ring (bicyclic) bond motifs is 1. The molecule has 182 valence electrons. The predicted octanol–water partition coefficient (Wildman–Crippen LogP) is 4.86. The lowest BCUT2D eigenvalue weighted by Gasteiger charge is -2.09. The molecule has 0 spiro atoms. The zero-order valence-corrected chi connectivity index (χ0v) is 17.9. The standard InChI is InChI=1S/C23H13F6N7/c24-15-3-4-16(25)19(26)13(15)7-18-34-20(17-2-1-5-33-36(17)18)22-32-10-14(21(30)35-22)11-6-12(9-31-8-11)23(27,28)29/h1-6,8-10H,7H2,(H2,30,32,35). The van der Waals surface area contributed by atoms with Crippen LogP contribution in [0.5, 0.6) is 0 Å². The minimum atomic E-state index is -4.60. The van der Waals surface area contributed by atoms with Crippen molar-refractivity contribution in [2.45, 2.75) is 12.6 Å². The van der Waals surface area contributed by atoms with E-state index in [2.05, 4.69) is 25.0 Å². The first kappa shape index (κ1) is 23.2. The van der Waals surface area contributed by atoms with E-state index in [0.717, 1.165) is 12.1 Å². The summed E-state index contributed by atoms with van der Waals surface area (Å²) in [7, 11) is 0. The quantitative estimate of drug-likeness (QED) is 0.279. The van der Waals surface area contributed by atoms with Crippen LogP contribution in [0.1, 0.15) is 17.0 Å². The summed E-state index contributed by atoms with van der Waals surface area (Å²) >= 11 is 0. The van der Waals surface area contributed by atoms with Gasteiger partial charge in [0.05, 0.1) is 11.1 Å². The third-order valence-corrected chi connectivity index (χ3v) is 5.36. The second kappa shape index (κ2) is 8.59. The molecule has 2 N–H and O–H groups in total. The molecule has 5 rings (SSSR count). The Morgan fingerprint density at radius 3 is 2.47 bits per heavy atom. The van der Waals surface area contributed by atoms with E-state index in [1.54, 1.807) is 12.1 Å². The van der Waals surface area contributed by atoms with Gasteiger partial charge in [-0.15, -0.1) is 0 Å². The summed E-state index contributed by atoms with van der Waals surface area (Å²) in [4.78, 5) is 16.3. The monoisotopic (exact) mass is 501 g/mol. The fraction of sp³-hybridized carbons (Fsp3) is 0.0870. The van der Waals surface area contributed by atoms with Crippen LogP contribution in [0.4, 0.5) is 32.2 Å². The summed E-state index contributed by atoms with van der Waals surface area (Å²) in [6.45, 7) is 0. The van der Waals surface area contributed by atoms with Crippen molar-refractivity contribution in [1.82, 2.24) is 29.5 Å². The molecular weight excluding hydrogens is 488 g/mol. The minimum Gasteiger partial charge on any atom is -0.383 e. The molecule has 0 atom stereocenters. The van der Waals surface area contributed by atoms with Crippen molar-refractivity contribution >= 4 is 11.3 Å². The van der Waals surface area contributed by atoms with Crippen LogP contribution in [0.3, 0.4) is 0 Å². The Labute approximate surface area is 198 Å². The molecule has 4 aromatic heterocycles. The molecular formula is C23H13F6N7. The van der Waals surface area contributed by atoms with E-state index < -0.39 is 41.2 Å². The number of benzene rings is 1. The largest absolute Gasteiger partial charge is 0.417 e. The van der Waals surface area contributed by atoms with Gasteiger partial charge < -0.3 is 5.73 Å². The summed E-state index contributed by atoms with van der Waals surface area (Å²) in [5.74, 6) is -3.59. The van der Waals surface area contributed by atoms with Gasteiger partial charge in [0.2, 0.25) is 0 Å². The number of pyridine rings is 1. The van der Waals surface area contributed by atoms with Crippen molar-refractivity contribution in [3.05, 3.63) is 89.5 Å². The smallest absolute Gasteiger partial charge is 0.383 e. The Hall–Kier alpha value is -4.55. The number of halogens is 6. The molecule has 0 saturated heterocycles. The Morgan fingerprint density at radius 1 is 0.944 bits per heavy atom. The van der Waals surface area contributed by atoms with Gasteiger partial charge >= 0.3 is 6.18 Å². The lowest BCUT2D eigenvalue weighted by atomic mass is 10.1. The highest BCUT2D eigenvalue weighted by Crippen LogP contribution is 2.33. The fourth-order valence-electron chi connectivity index (χ4n) is 3.63. The molecule has 0 aliphatic heterocycles. The summed E-state index contributed by atoms with van der Waals surface area (Å²) in [5, 5.41) is 4.14. The minimum absolute atomic E-state index is 0.00637. The molecule has 36 heavy (non-hydrogen) atoms. The summed E-state index contributed by atoms with van der Waals surface area (Å²) < 4.78 is 82.6. The van der Waals surface area contributed by atoms with Crippen LogP contribution in [-0.4, -0.2) is 29.5 Å². The van der Waals surface area contributed by atoms with Gasteiger partial charge in [-0.05, 0) is 30.3 Å². The highest BCUT2D eigenvalue weighted by molar-refractivity contribution is 5.78. The van der Waals surface area contributed by atoms with Gasteiger partial charge in [-0.2, -0.15) is 18.3 Å². The number of anilines is 1. The highest BCUT2D eigenvalue weighted by Gasteiger charge is 2.31. The highest BCUT2D eigenvalue weighted by atomic mass is 19.4. The van der Waals surface area contributed by atoms with Crippen LogP contribution in [0.15, 0.2) is 55.1 Å². The van der Waals surface area contributed by atoms with Crippen molar-refractivity contribution < 1.29 is 26.3 Å². The average molecular weight is 501 g/mol. The second-order valence-electron chi connectivity index (χ2n) is 7.65. The normalized spacial score (nSPS) is 11.8. The third kappa shape index (κ3) is 4.08. The van der Waals surface area contributed by atoms with E-state index in [0.29, 0.717) is 17.8 Å². The first-order valence-electron chi connectivity index (χ1n) is 10.2. The van der Waals surface area contributed by atoms with Crippen LogP contribution in [0.2, 0.25) is 0 Å². The van der Waals surface area contributed by atoms with Gasteiger partial charge in [-0.3, -0.25) is 4.98 Å². The zero-order valence-electron chi connectivity index (χ0n) is 17.9. The molecule has 0 aliphatic rings. The van der Waals surface area contributed by atoms with Gasteiger partial charge in [0.25, 0.3) is 0 Å². The van der Waals surface area contributed by atoms with Gasteiger partial charge in [0.1, 0.15) is 23.2 Å². The molecule has 0 aliphatic carbocycles. The number of nitrogens with two attached hydrogens (primary N) is 1. The third-order valence-electron chi connectivity index (χ3n) is 5.36. The predicted molar refractivity (Wildman–Crippen MR) is 116 cm³/mol. The fourth-order valence-corrected chi connectivity index (χ4v) is 3.63. The van der Waals surface area contributed by atoms with Crippen molar-refractivity contribution in [1.29, 1.82) is 0 Å². The van der Waals surface area contributed by atoms with Crippen LogP contribution < -0.4 is 5.73 Å². The maximum Gasteiger partial charge on any atom is 0.417 e. The molecule has 0 amide bonds. The number of imidazole rings is 1. The molecule has 0 fully saturated rings. The first-order valence-corrected chi connectivity index (χ1v) is 10.2. The number of nitrogens with zero attached hydrogens (tertiary/aromatic N) is 6. The molecule has 13 heteroatoms. The van der Waals surface area contributed by atoms with Crippen LogP contribution in [0.25, 0.3) is 28.2 Å². The van der Waals surface area contributed by atoms with E-state index in [1.165, 1.54) is 23.1 Å². The molecule has 0 saturated carbocycles. The first-order chi connectivity index (χ1) is 17.1. The number of rotatable bonds is 4. The van der Waals surface area contributed by atoms with Gasteiger partial charge in [-0.1, -0.05) is 0 Å². The summed E-state index contributed by atoms with van der Waals surface area (Å²) in [6, 6.07) is 5.54. The Bertz CT molecular complexity index is 1610. The summed E-state index contributed by atoms with van der Waals surface area (Å²) in [6.07, 6.45) is -0.513. The van der Waals surface area contributed by atoms with Crippen LogP contribution >= 0.6 is 0 Å². The number of hydrogen-bond acceptors (Lipinski definition) is 6. The molecule has 0 bridgehead atoms. The van der Waals surface area contributed by atoms with E-state index in [9.17, 15) is 26.3 Å². The average Bonchev–Trinajstić information content (AvgIpc) is 3.22. The Balaban J connectivity index is 1.58. The number of aromatic nitrogens is 6. The van der Waals surface area contributed by atoms with Crippen molar-refractivity contribution in [2.75, 3.05) is 5.73 Å². The van der Waals surface area contributed by atoms with Crippen molar-refractivity contribution in [2.24, 2.45) is 0 Å². The van der Waals surface area contributed by atoms with E-state index >= 15 is 0 Å². The number of alkyl halides is 3. The SMILES string of the molecule is Nc1nc(-c2nc(Cc3c(F)ccc(F)c3F)n3ncccc23)ncc1-c1cncc(C(F)(F)F)c1. The number of nitrogen functional groups attached to an aromatic ring is 1. The topological polar surface area (TPSA) is 94.9 Å². The molecule has 0 unspecified atom stereocenters. The summed E-state index contributed by atoms with van der Waals surface area (Å²) in [5.41, 5.74) is 5.21. The lowest BCUT2D eigenvalue weighted by Crippen LogP contribution is -2.06. The van der Waals surface area contributed by atoms with Gasteiger partial charge in [0, 0.05) is 47.9 Å². The van der Waals surface area contributed by atoms with Crippen molar-refractivity contribution in [3.8, 4) is 22.6 Å². The second-order valence-corrected chi connectivity index (χ2v) is 7.65. The van der Waals surface area contributed by atoms with Gasteiger partial charge in [-0.25, -0.2) is 32.6 Å².